The molecule has 0 radical (unpaired) electrons. The van der Waals surface area contributed by atoms with Gasteiger partial charge in [0.05, 0.1) is 18.6 Å². The maximum Gasteiger partial charge on any atom is 0.225 e. The Kier molecular flexibility index (Phi) is 7.15. The molecule has 2 aliphatic rings. The van der Waals surface area contributed by atoms with Gasteiger partial charge < -0.3 is 15.0 Å². The minimum absolute atomic E-state index is 0. The highest BCUT2D eigenvalue weighted by Crippen LogP contribution is 2.26. The smallest absolute Gasteiger partial charge is 0.225 e. The number of benzene rings is 1. The van der Waals surface area contributed by atoms with E-state index < -0.39 is 0 Å². The molecular formula is C17H24Cl2N2O2. The lowest BCUT2D eigenvalue weighted by molar-refractivity contribution is -0.138. The molecule has 0 spiro atoms. The summed E-state index contributed by atoms with van der Waals surface area (Å²) in [4.78, 5) is 14.7. The fourth-order valence-corrected chi connectivity index (χ4v) is 3.49. The van der Waals surface area contributed by atoms with E-state index in [-0.39, 0.29) is 30.5 Å². The van der Waals surface area contributed by atoms with E-state index in [1.807, 2.05) is 29.2 Å². The lowest BCUT2D eigenvalue weighted by Crippen LogP contribution is -2.49. The van der Waals surface area contributed by atoms with Crippen molar-refractivity contribution in [1.82, 2.24) is 10.2 Å². The lowest BCUT2D eigenvalue weighted by atomic mass is 10.0. The molecule has 0 bridgehead atoms. The first-order chi connectivity index (χ1) is 10.7. The van der Waals surface area contributed by atoms with Gasteiger partial charge in [0.15, 0.2) is 0 Å². The van der Waals surface area contributed by atoms with Gasteiger partial charge in [0, 0.05) is 31.3 Å². The molecular weight excluding hydrogens is 335 g/mol. The molecule has 0 aromatic heterocycles. The largest absolute Gasteiger partial charge is 0.378 e. The summed E-state index contributed by atoms with van der Waals surface area (Å²) in [5.74, 6) is 0.193. The zero-order valence-corrected chi connectivity index (χ0v) is 14.7. The summed E-state index contributed by atoms with van der Waals surface area (Å²) in [5, 5.41) is 4.09. The average Bonchev–Trinajstić information content (AvgIpc) is 2.56. The van der Waals surface area contributed by atoms with Crippen molar-refractivity contribution in [3.63, 3.8) is 0 Å². The number of hydrogen-bond acceptors (Lipinski definition) is 3. The summed E-state index contributed by atoms with van der Waals surface area (Å²) >= 11 is 6.10. The second kappa shape index (κ2) is 8.88. The highest BCUT2D eigenvalue weighted by atomic mass is 35.5. The van der Waals surface area contributed by atoms with E-state index in [2.05, 4.69) is 5.32 Å². The van der Waals surface area contributed by atoms with E-state index in [1.54, 1.807) is 0 Å². The first kappa shape index (κ1) is 18.5. The van der Waals surface area contributed by atoms with Gasteiger partial charge in [-0.15, -0.1) is 12.4 Å². The summed E-state index contributed by atoms with van der Waals surface area (Å²) in [6.07, 6.45) is 3.87. The maximum atomic E-state index is 12.7. The Morgan fingerprint density at radius 1 is 1.39 bits per heavy atom. The molecule has 0 aliphatic carbocycles. The Morgan fingerprint density at radius 2 is 2.26 bits per heavy atom. The molecule has 1 aromatic carbocycles. The predicted molar refractivity (Wildman–Crippen MR) is 94.2 cm³/mol. The number of nitrogens with zero attached hydrogens (tertiary/aromatic N) is 1. The molecule has 1 aromatic rings. The van der Waals surface area contributed by atoms with Gasteiger partial charge in [-0.25, -0.2) is 0 Å². The number of ether oxygens (including phenoxy) is 1. The van der Waals surface area contributed by atoms with Crippen molar-refractivity contribution in [2.45, 2.75) is 37.8 Å². The third-order valence-corrected chi connectivity index (χ3v) is 4.71. The van der Waals surface area contributed by atoms with Crippen LogP contribution in [0.1, 0.15) is 37.3 Å². The van der Waals surface area contributed by atoms with E-state index in [9.17, 15) is 4.79 Å². The standard InChI is InChI=1S/C17H23ClN2O2.ClH/c18-14-5-3-4-13(10-14)16-12-19-7-8-20(16)17(21)11-15-6-1-2-9-22-15;/h3-5,10,15-16,19H,1-2,6-9,11-12H2;1H. The second-order valence-electron chi connectivity index (χ2n) is 6.05. The predicted octanol–water partition coefficient (Wildman–Crippen LogP) is 3.19. The van der Waals surface area contributed by atoms with Crippen molar-refractivity contribution in [3.8, 4) is 0 Å². The van der Waals surface area contributed by atoms with E-state index >= 15 is 0 Å². The first-order valence-electron chi connectivity index (χ1n) is 8.11. The quantitative estimate of drug-likeness (QED) is 0.901. The summed E-state index contributed by atoms with van der Waals surface area (Å²) in [5.41, 5.74) is 1.10. The first-order valence-corrected chi connectivity index (χ1v) is 8.49. The van der Waals surface area contributed by atoms with Gasteiger partial charge in [-0.05, 0) is 37.0 Å². The van der Waals surface area contributed by atoms with Crippen LogP contribution in [0.4, 0.5) is 0 Å². The molecule has 4 nitrogen and oxygen atoms in total. The zero-order chi connectivity index (χ0) is 15.4. The molecule has 2 aliphatic heterocycles. The molecule has 1 amide bonds. The van der Waals surface area contributed by atoms with Crippen LogP contribution in [0, 0.1) is 0 Å². The van der Waals surface area contributed by atoms with E-state index in [1.165, 1.54) is 0 Å². The second-order valence-corrected chi connectivity index (χ2v) is 6.49. The fourth-order valence-electron chi connectivity index (χ4n) is 3.29. The van der Waals surface area contributed by atoms with Crippen molar-refractivity contribution in [2.24, 2.45) is 0 Å². The zero-order valence-electron chi connectivity index (χ0n) is 13.2. The van der Waals surface area contributed by atoms with Gasteiger partial charge in [-0.1, -0.05) is 23.7 Å². The number of piperazine rings is 1. The van der Waals surface area contributed by atoms with Gasteiger partial charge in [-0.3, -0.25) is 4.79 Å². The Hall–Kier alpha value is -0.810. The van der Waals surface area contributed by atoms with Gasteiger partial charge in [0.2, 0.25) is 5.91 Å². The van der Waals surface area contributed by atoms with Crippen LogP contribution in [0.15, 0.2) is 24.3 Å². The fraction of sp³-hybridized carbons (Fsp3) is 0.588. The molecule has 2 unspecified atom stereocenters. The van der Waals surface area contributed by atoms with Crippen LogP contribution in [-0.2, 0) is 9.53 Å². The van der Waals surface area contributed by atoms with E-state index in [0.717, 1.165) is 51.1 Å². The van der Waals surface area contributed by atoms with Crippen LogP contribution in [0.3, 0.4) is 0 Å². The number of nitrogens with one attached hydrogen (secondary N) is 1. The Balaban J connectivity index is 0.00000192. The minimum Gasteiger partial charge on any atom is -0.378 e. The molecule has 6 heteroatoms. The lowest BCUT2D eigenvalue weighted by Gasteiger charge is -2.37. The van der Waals surface area contributed by atoms with Crippen molar-refractivity contribution in [1.29, 1.82) is 0 Å². The molecule has 2 atom stereocenters. The minimum atomic E-state index is 0. The molecule has 2 fully saturated rings. The Morgan fingerprint density at radius 3 is 3.00 bits per heavy atom. The number of amides is 1. The molecule has 128 valence electrons. The van der Waals surface area contributed by atoms with Crippen LogP contribution in [0.2, 0.25) is 5.02 Å². The van der Waals surface area contributed by atoms with Crippen LogP contribution >= 0.6 is 24.0 Å². The van der Waals surface area contributed by atoms with Crippen molar-refractivity contribution >= 4 is 29.9 Å². The Bertz CT molecular complexity index is 521. The number of halogens is 2. The summed E-state index contributed by atoms with van der Waals surface area (Å²) in [6, 6.07) is 7.86. The van der Waals surface area contributed by atoms with Crippen molar-refractivity contribution in [2.75, 3.05) is 26.2 Å². The number of hydrogen-bond donors (Lipinski definition) is 1. The van der Waals surface area contributed by atoms with E-state index in [0.29, 0.717) is 11.4 Å². The SMILES string of the molecule is Cl.O=C(CC1CCCCO1)N1CCNCC1c1cccc(Cl)c1. The molecule has 23 heavy (non-hydrogen) atoms. The molecule has 0 saturated carbocycles. The van der Waals surface area contributed by atoms with Crippen LogP contribution in [0.5, 0.6) is 0 Å². The van der Waals surface area contributed by atoms with Gasteiger partial charge >= 0.3 is 0 Å². The Labute approximate surface area is 148 Å². The summed E-state index contributed by atoms with van der Waals surface area (Å²) < 4.78 is 5.72. The molecule has 2 saturated heterocycles. The third kappa shape index (κ3) is 4.83. The van der Waals surface area contributed by atoms with Gasteiger partial charge in [0.25, 0.3) is 0 Å². The summed E-state index contributed by atoms with van der Waals surface area (Å²) in [6.45, 7) is 3.14. The highest BCUT2D eigenvalue weighted by Gasteiger charge is 2.30. The van der Waals surface area contributed by atoms with Gasteiger partial charge in [-0.2, -0.15) is 0 Å². The van der Waals surface area contributed by atoms with Crippen LogP contribution in [-0.4, -0.2) is 43.2 Å². The van der Waals surface area contributed by atoms with Crippen molar-refractivity contribution in [3.05, 3.63) is 34.9 Å². The van der Waals surface area contributed by atoms with Gasteiger partial charge in [0.1, 0.15) is 0 Å². The van der Waals surface area contributed by atoms with Crippen LogP contribution < -0.4 is 5.32 Å². The number of rotatable bonds is 3. The topological polar surface area (TPSA) is 41.6 Å². The van der Waals surface area contributed by atoms with Crippen LogP contribution in [0.25, 0.3) is 0 Å². The summed E-state index contributed by atoms with van der Waals surface area (Å²) in [7, 11) is 0. The molecule has 1 N–H and O–H groups in total. The average molecular weight is 359 g/mol. The number of carbonyl (C=O) groups excluding carboxylic acids is 1. The number of carbonyl (C=O) groups is 1. The maximum absolute atomic E-state index is 12.7. The highest BCUT2D eigenvalue weighted by molar-refractivity contribution is 6.30. The third-order valence-electron chi connectivity index (χ3n) is 4.47. The molecule has 2 heterocycles. The van der Waals surface area contributed by atoms with E-state index in [4.69, 9.17) is 16.3 Å². The molecule has 3 rings (SSSR count). The monoisotopic (exact) mass is 358 g/mol. The van der Waals surface area contributed by atoms with Crippen molar-refractivity contribution < 1.29 is 9.53 Å². The normalized spacial score (nSPS) is 24.8.